The molecule has 0 unspecified atom stereocenters. The Hall–Kier alpha value is -2.27. The molecule has 0 atom stereocenters. The van der Waals surface area contributed by atoms with Crippen LogP contribution in [0, 0.1) is 17.0 Å². The van der Waals surface area contributed by atoms with E-state index in [1.807, 2.05) is 31.2 Å². The largest absolute Gasteiger partial charge is 0.269 e. The average Bonchev–Trinajstić information content (AvgIpc) is 2.51. The van der Waals surface area contributed by atoms with E-state index in [2.05, 4.69) is 20.9 Å². The van der Waals surface area contributed by atoms with Crippen LogP contribution in [0.15, 0.2) is 53.0 Å². The quantitative estimate of drug-likeness (QED) is 0.492. The zero-order valence-corrected chi connectivity index (χ0v) is 12.8. The average molecular weight is 343 g/mol. The lowest BCUT2D eigenvalue weighted by molar-refractivity contribution is -0.384. The van der Waals surface area contributed by atoms with Crippen molar-refractivity contribution in [2.45, 2.75) is 6.92 Å². The van der Waals surface area contributed by atoms with Gasteiger partial charge in [-0.3, -0.25) is 10.1 Å². The summed E-state index contributed by atoms with van der Waals surface area (Å²) < 4.78 is 0.912. The predicted molar refractivity (Wildman–Crippen MR) is 86.3 cm³/mol. The fourth-order valence-corrected chi connectivity index (χ4v) is 2.82. The van der Waals surface area contributed by atoms with E-state index in [4.69, 9.17) is 0 Å². The van der Waals surface area contributed by atoms with Gasteiger partial charge < -0.3 is 0 Å². The Labute approximate surface area is 129 Å². The van der Waals surface area contributed by atoms with Crippen molar-refractivity contribution < 1.29 is 4.92 Å². The predicted octanol–water partition coefficient (Wildman–Crippen LogP) is 4.88. The summed E-state index contributed by atoms with van der Waals surface area (Å²) in [6, 6.07) is 14.4. The third-order valence-electron chi connectivity index (χ3n) is 3.43. The van der Waals surface area contributed by atoms with E-state index in [1.54, 1.807) is 12.1 Å². The van der Waals surface area contributed by atoms with Crippen molar-refractivity contribution in [3.05, 3.63) is 68.7 Å². The molecule has 0 radical (unpaired) electrons. The number of aromatic nitrogens is 1. The van der Waals surface area contributed by atoms with Gasteiger partial charge in [0.2, 0.25) is 0 Å². The standard InChI is InChI=1S/C16H11BrN2O2/c1-10-13-4-2-3-5-14(13)18-16(15(10)17)11-6-8-12(9-7-11)19(20)21/h2-9H,1H3. The summed E-state index contributed by atoms with van der Waals surface area (Å²) in [4.78, 5) is 15.0. The lowest BCUT2D eigenvalue weighted by atomic mass is 10.0. The summed E-state index contributed by atoms with van der Waals surface area (Å²) in [6.45, 7) is 2.03. The Morgan fingerprint density at radius 1 is 1.10 bits per heavy atom. The van der Waals surface area contributed by atoms with Gasteiger partial charge in [-0.1, -0.05) is 18.2 Å². The van der Waals surface area contributed by atoms with Crippen LogP contribution in [0.2, 0.25) is 0 Å². The van der Waals surface area contributed by atoms with Gasteiger partial charge in [0.05, 0.1) is 16.1 Å². The van der Waals surface area contributed by atoms with Crippen LogP contribution in [0.5, 0.6) is 0 Å². The number of hydrogen-bond acceptors (Lipinski definition) is 3. The molecule has 21 heavy (non-hydrogen) atoms. The van der Waals surface area contributed by atoms with Gasteiger partial charge in [-0.05, 0) is 46.6 Å². The van der Waals surface area contributed by atoms with Crippen LogP contribution in [0.3, 0.4) is 0 Å². The number of nitrogens with zero attached hydrogens (tertiary/aromatic N) is 2. The Kier molecular flexibility index (Phi) is 3.43. The first-order valence-corrected chi connectivity index (χ1v) is 7.17. The molecule has 104 valence electrons. The zero-order chi connectivity index (χ0) is 15.0. The topological polar surface area (TPSA) is 56.0 Å². The maximum absolute atomic E-state index is 10.7. The van der Waals surface area contributed by atoms with E-state index >= 15 is 0 Å². The summed E-state index contributed by atoms with van der Waals surface area (Å²) in [5.41, 5.74) is 3.73. The lowest BCUT2D eigenvalue weighted by Gasteiger charge is -2.10. The second-order valence-electron chi connectivity index (χ2n) is 4.72. The molecule has 0 spiro atoms. The molecule has 0 aliphatic rings. The van der Waals surface area contributed by atoms with Crippen molar-refractivity contribution in [1.82, 2.24) is 4.98 Å². The molecule has 2 aromatic carbocycles. The number of nitro groups is 1. The van der Waals surface area contributed by atoms with Gasteiger partial charge in [0.15, 0.2) is 0 Å². The monoisotopic (exact) mass is 342 g/mol. The fourth-order valence-electron chi connectivity index (χ4n) is 2.29. The molecule has 0 saturated carbocycles. The third kappa shape index (κ3) is 2.40. The molecule has 0 N–H and O–H groups in total. The molecule has 0 amide bonds. The summed E-state index contributed by atoms with van der Waals surface area (Å²) in [6.07, 6.45) is 0. The zero-order valence-electron chi connectivity index (χ0n) is 11.2. The highest BCUT2D eigenvalue weighted by atomic mass is 79.9. The van der Waals surface area contributed by atoms with E-state index in [9.17, 15) is 10.1 Å². The van der Waals surface area contributed by atoms with Crippen LogP contribution in [0.1, 0.15) is 5.56 Å². The van der Waals surface area contributed by atoms with Crippen molar-refractivity contribution in [3.8, 4) is 11.3 Å². The summed E-state index contributed by atoms with van der Waals surface area (Å²) in [5, 5.41) is 11.8. The maximum Gasteiger partial charge on any atom is 0.269 e. The Morgan fingerprint density at radius 2 is 1.76 bits per heavy atom. The minimum atomic E-state index is -0.405. The number of aryl methyl sites for hydroxylation is 1. The second-order valence-corrected chi connectivity index (χ2v) is 5.51. The van der Waals surface area contributed by atoms with Crippen molar-refractivity contribution in [1.29, 1.82) is 0 Å². The number of nitro benzene ring substituents is 1. The van der Waals surface area contributed by atoms with Crippen LogP contribution in [-0.2, 0) is 0 Å². The molecule has 3 aromatic rings. The van der Waals surface area contributed by atoms with Gasteiger partial charge in [-0.25, -0.2) is 4.98 Å². The molecular formula is C16H11BrN2O2. The lowest BCUT2D eigenvalue weighted by Crippen LogP contribution is -1.92. The molecule has 0 aliphatic heterocycles. The van der Waals surface area contributed by atoms with E-state index in [0.29, 0.717) is 0 Å². The first kappa shape index (κ1) is 13.7. The van der Waals surface area contributed by atoms with Gasteiger partial charge in [0.25, 0.3) is 5.69 Å². The number of halogens is 1. The van der Waals surface area contributed by atoms with Crippen LogP contribution >= 0.6 is 15.9 Å². The number of pyridine rings is 1. The Balaban J connectivity index is 2.20. The van der Waals surface area contributed by atoms with Crippen LogP contribution in [0.4, 0.5) is 5.69 Å². The first-order valence-electron chi connectivity index (χ1n) is 6.37. The van der Waals surface area contributed by atoms with Crippen molar-refractivity contribution in [3.63, 3.8) is 0 Å². The molecule has 4 nitrogen and oxygen atoms in total. The SMILES string of the molecule is Cc1c(Br)c(-c2ccc([N+](=O)[O-])cc2)nc2ccccc12. The molecule has 1 aromatic heterocycles. The van der Waals surface area contributed by atoms with Gasteiger partial charge in [-0.2, -0.15) is 0 Å². The number of rotatable bonds is 2. The van der Waals surface area contributed by atoms with E-state index < -0.39 is 4.92 Å². The van der Waals surface area contributed by atoms with E-state index in [-0.39, 0.29) is 5.69 Å². The molecule has 0 bridgehead atoms. The summed E-state index contributed by atoms with van der Waals surface area (Å²) in [5.74, 6) is 0. The van der Waals surface area contributed by atoms with Crippen molar-refractivity contribution in [2.75, 3.05) is 0 Å². The highest BCUT2D eigenvalue weighted by molar-refractivity contribution is 9.10. The Morgan fingerprint density at radius 3 is 2.43 bits per heavy atom. The minimum Gasteiger partial charge on any atom is -0.258 e. The first-order chi connectivity index (χ1) is 10.1. The highest BCUT2D eigenvalue weighted by Gasteiger charge is 2.13. The van der Waals surface area contributed by atoms with E-state index in [1.165, 1.54) is 12.1 Å². The number of non-ortho nitro benzene ring substituents is 1. The van der Waals surface area contributed by atoms with Crippen LogP contribution < -0.4 is 0 Å². The number of hydrogen-bond donors (Lipinski definition) is 0. The fraction of sp³-hybridized carbons (Fsp3) is 0.0625. The smallest absolute Gasteiger partial charge is 0.258 e. The van der Waals surface area contributed by atoms with Crippen LogP contribution in [0.25, 0.3) is 22.2 Å². The van der Waals surface area contributed by atoms with Gasteiger partial charge >= 0.3 is 0 Å². The van der Waals surface area contributed by atoms with E-state index in [0.717, 1.165) is 32.2 Å². The molecular weight excluding hydrogens is 332 g/mol. The molecule has 0 fully saturated rings. The van der Waals surface area contributed by atoms with Gasteiger partial charge in [0, 0.05) is 27.6 Å². The molecule has 3 rings (SSSR count). The number of fused-ring (bicyclic) bond motifs is 1. The number of para-hydroxylation sites is 1. The summed E-state index contributed by atoms with van der Waals surface area (Å²) >= 11 is 3.59. The van der Waals surface area contributed by atoms with Crippen molar-refractivity contribution in [2.24, 2.45) is 0 Å². The molecule has 1 heterocycles. The van der Waals surface area contributed by atoms with Gasteiger partial charge in [0.1, 0.15) is 0 Å². The Bertz CT molecular complexity index is 845. The number of benzene rings is 2. The molecule has 5 heteroatoms. The normalized spacial score (nSPS) is 10.8. The minimum absolute atomic E-state index is 0.0763. The third-order valence-corrected chi connectivity index (χ3v) is 4.40. The van der Waals surface area contributed by atoms with Gasteiger partial charge in [-0.15, -0.1) is 0 Å². The molecule has 0 aliphatic carbocycles. The molecule has 0 saturated heterocycles. The maximum atomic E-state index is 10.7. The van der Waals surface area contributed by atoms with Crippen molar-refractivity contribution >= 4 is 32.5 Å². The highest BCUT2D eigenvalue weighted by Crippen LogP contribution is 2.34. The second kappa shape index (κ2) is 5.26. The summed E-state index contributed by atoms with van der Waals surface area (Å²) in [7, 11) is 0. The van der Waals surface area contributed by atoms with Crippen LogP contribution in [-0.4, -0.2) is 9.91 Å².